The van der Waals surface area contributed by atoms with Crippen molar-refractivity contribution in [2.75, 3.05) is 7.11 Å². The summed E-state index contributed by atoms with van der Waals surface area (Å²) in [6, 6.07) is 19.3. The highest BCUT2D eigenvalue weighted by Crippen LogP contribution is 2.14. The lowest BCUT2D eigenvalue weighted by Crippen LogP contribution is -2.83. The van der Waals surface area contributed by atoms with Crippen molar-refractivity contribution in [1.29, 1.82) is 0 Å². The second-order valence-corrected chi connectivity index (χ2v) is 4.49. The number of hydrogen-bond donors (Lipinski definition) is 1. The van der Waals surface area contributed by atoms with E-state index in [1.54, 1.807) is 7.11 Å². The number of methoxy groups -OCH3 is 1. The molecule has 0 saturated carbocycles. The first-order chi connectivity index (χ1) is 8.79. The zero-order valence-corrected chi connectivity index (χ0v) is 11.0. The summed E-state index contributed by atoms with van der Waals surface area (Å²) in [5, 5.41) is 2.34. The smallest absolute Gasteiger partial charge is 0.118 e. The van der Waals surface area contributed by atoms with Crippen LogP contribution in [0.5, 0.6) is 5.75 Å². The van der Waals surface area contributed by atoms with Crippen LogP contribution in [0.2, 0.25) is 0 Å². The molecule has 1 atom stereocenters. The van der Waals surface area contributed by atoms with Crippen molar-refractivity contribution in [2.45, 2.75) is 19.5 Å². The Hall–Kier alpha value is -1.80. The molecule has 0 spiro atoms. The van der Waals surface area contributed by atoms with Gasteiger partial charge in [-0.25, -0.2) is 0 Å². The van der Waals surface area contributed by atoms with Crippen molar-refractivity contribution in [1.82, 2.24) is 0 Å². The number of benzene rings is 2. The van der Waals surface area contributed by atoms with Crippen LogP contribution in [0.4, 0.5) is 0 Å². The maximum atomic E-state index is 5.17. The molecule has 0 aliphatic rings. The molecule has 0 amide bonds. The number of rotatable bonds is 5. The van der Waals surface area contributed by atoms with Gasteiger partial charge in [-0.15, -0.1) is 0 Å². The molecule has 2 heteroatoms. The highest BCUT2D eigenvalue weighted by molar-refractivity contribution is 5.28. The Kier molecular flexibility index (Phi) is 4.37. The number of nitrogens with two attached hydrogens (primary N) is 1. The lowest BCUT2D eigenvalue weighted by Gasteiger charge is -2.11. The number of ether oxygens (including phenoxy) is 1. The summed E-state index contributed by atoms with van der Waals surface area (Å²) in [6.07, 6.45) is 0. The standard InChI is InChI=1S/C16H19NO/c1-13(15-8-10-16(18-2)11-9-15)17-12-14-6-4-3-5-7-14/h3-11,13,17H,12H2,1-2H3/p+1/t13-/m0/s1. The molecule has 0 unspecified atom stereocenters. The van der Waals surface area contributed by atoms with Crippen molar-refractivity contribution in [3.05, 3.63) is 65.7 Å². The molecule has 0 bridgehead atoms. The van der Waals surface area contributed by atoms with Crippen molar-refractivity contribution in [3.8, 4) is 5.75 Å². The summed E-state index contributed by atoms with van der Waals surface area (Å²) < 4.78 is 5.17. The van der Waals surface area contributed by atoms with Crippen LogP contribution in [0.15, 0.2) is 54.6 Å². The molecule has 0 aliphatic heterocycles. The molecular weight excluding hydrogens is 222 g/mol. The molecule has 2 aromatic rings. The third-order valence-corrected chi connectivity index (χ3v) is 3.19. The Labute approximate surface area is 109 Å². The molecule has 0 heterocycles. The fourth-order valence-corrected chi connectivity index (χ4v) is 1.97. The van der Waals surface area contributed by atoms with E-state index in [-0.39, 0.29) is 0 Å². The normalized spacial score (nSPS) is 12.1. The molecule has 0 fully saturated rings. The van der Waals surface area contributed by atoms with Gasteiger partial charge in [0.2, 0.25) is 0 Å². The van der Waals surface area contributed by atoms with E-state index in [9.17, 15) is 0 Å². The summed E-state index contributed by atoms with van der Waals surface area (Å²) in [5.41, 5.74) is 2.68. The molecule has 94 valence electrons. The predicted octanol–water partition coefficient (Wildman–Crippen LogP) is 2.52. The summed E-state index contributed by atoms with van der Waals surface area (Å²) in [7, 11) is 1.69. The van der Waals surface area contributed by atoms with E-state index >= 15 is 0 Å². The van der Waals surface area contributed by atoms with Gasteiger partial charge in [-0.3, -0.25) is 0 Å². The highest BCUT2D eigenvalue weighted by Gasteiger charge is 2.08. The minimum atomic E-state index is 0.455. The van der Waals surface area contributed by atoms with E-state index < -0.39 is 0 Å². The molecule has 2 rings (SSSR count). The molecule has 2 aromatic carbocycles. The van der Waals surface area contributed by atoms with Gasteiger partial charge in [-0.1, -0.05) is 30.3 Å². The summed E-state index contributed by atoms with van der Waals surface area (Å²) in [5.74, 6) is 0.911. The van der Waals surface area contributed by atoms with Crippen LogP contribution in [0.3, 0.4) is 0 Å². The molecule has 0 aromatic heterocycles. The van der Waals surface area contributed by atoms with Crippen LogP contribution in [0.1, 0.15) is 24.1 Å². The van der Waals surface area contributed by atoms with Gasteiger partial charge in [0.25, 0.3) is 0 Å². The van der Waals surface area contributed by atoms with E-state index in [0.717, 1.165) is 12.3 Å². The van der Waals surface area contributed by atoms with E-state index in [1.165, 1.54) is 11.1 Å². The summed E-state index contributed by atoms with van der Waals surface area (Å²) in [4.78, 5) is 0. The molecule has 0 saturated heterocycles. The predicted molar refractivity (Wildman–Crippen MR) is 73.5 cm³/mol. The highest BCUT2D eigenvalue weighted by atomic mass is 16.5. The average Bonchev–Trinajstić information content (AvgIpc) is 2.46. The van der Waals surface area contributed by atoms with Gasteiger partial charge in [0.05, 0.1) is 7.11 Å². The number of quaternary nitrogens is 1. The van der Waals surface area contributed by atoms with Crippen LogP contribution in [-0.2, 0) is 6.54 Å². The van der Waals surface area contributed by atoms with Crippen LogP contribution < -0.4 is 10.1 Å². The van der Waals surface area contributed by atoms with Gasteiger partial charge in [-0.2, -0.15) is 0 Å². The van der Waals surface area contributed by atoms with Gasteiger partial charge >= 0.3 is 0 Å². The third kappa shape index (κ3) is 3.34. The maximum Gasteiger partial charge on any atom is 0.118 e. The first-order valence-corrected chi connectivity index (χ1v) is 6.31. The van der Waals surface area contributed by atoms with Gasteiger partial charge in [0.1, 0.15) is 18.3 Å². The molecule has 18 heavy (non-hydrogen) atoms. The number of hydrogen-bond acceptors (Lipinski definition) is 1. The maximum absolute atomic E-state index is 5.17. The summed E-state index contributed by atoms with van der Waals surface area (Å²) in [6.45, 7) is 3.23. The second-order valence-electron chi connectivity index (χ2n) is 4.49. The van der Waals surface area contributed by atoms with E-state index in [4.69, 9.17) is 4.74 Å². The van der Waals surface area contributed by atoms with Crippen molar-refractivity contribution in [3.63, 3.8) is 0 Å². The van der Waals surface area contributed by atoms with Gasteiger partial charge in [0, 0.05) is 11.1 Å². The minimum Gasteiger partial charge on any atom is -0.497 e. The Morgan fingerprint density at radius 3 is 2.28 bits per heavy atom. The third-order valence-electron chi connectivity index (χ3n) is 3.19. The molecule has 0 aliphatic carbocycles. The second kappa shape index (κ2) is 6.22. The zero-order chi connectivity index (χ0) is 12.8. The SMILES string of the molecule is COc1ccc([C@H](C)[NH2+]Cc2ccccc2)cc1. The minimum absolute atomic E-state index is 0.455. The fourth-order valence-electron chi connectivity index (χ4n) is 1.97. The van der Waals surface area contributed by atoms with Crippen LogP contribution in [0.25, 0.3) is 0 Å². The largest absolute Gasteiger partial charge is 0.497 e. The van der Waals surface area contributed by atoms with Gasteiger partial charge in [-0.05, 0) is 31.2 Å². The van der Waals surface area contributed by atoms with E-state index in [2.05, 4.69) is 54.7 Å². The zero-order valence-electron chi connectivity index (χ0n) is 11.0. The van der Waals surface area contributed by atoms with Gasteiger partial charge < -0.3 is 10.1 Å². The lowest BCUT2D eigenvalue weighted by molar-refractivity contribution is -0.707. The Morgan fingerprint density at radius 2 is 1.67 bits per heavy atom. The summed E-state index contributed by atoms with van der Waals surface area (Å²) >= 11 is 0. The Balaban J connectivity index is 1.93. The molecule has 2 N–H and O–H groups in total. The van der Waals surface area contributed by atoms with E-state index in [1.807, 2.05) is 12.1 Å². The van der Waals surface area contributed by atoms with Crippen LogP contribution in [0, 0.1) is 0 Å². The van der Waals surface area contributed by atoms with Gasteiger partial charge in [0.15, 0.2) is 0 Å². The molecule has 2 nitrogen and oxygen atoms in total. The lowest BCUT2D eigenvalue weighted by atomic mass is 10.1. The molecule has 0 radical (unpaired) electrons. The topological polar surface area (TPSA) is 25.8 Å². The average molecular weight is 242 g/mol. The van der Waals surface area contributed by atoms with Crippen LogP contribution >= 0.6 is 0 Å². The van der Waals surface area contributed by atoms with Crippen molar-refractivity contribution in [2.24, 2.45) is 0 Å². The Bertz CT molecular complexity index is 464. The van der Waals surface area contributed by atoms with E-state index in [0.29, 0.717) is 6.04 Å². The first kappa shape index (κ1) is 12.7. The molecular formula is C16H20NO+. The quantitative estimate of drug-likeness (QED) is 0.856. The fraction of sp³-hybridized carbons (Fsp3) is 0.250. The van der Waals surface area contributed by atoms with Crippen LogP contribution in [-0.4, -0.2) is 7.11 Å². The monoisotopic (exact) mass is 242 g/mol. The van der Waals surface area contributed by atoms with Crippen molar-refractivity contribution >= 4 is 0 Å². The Morgan fingerprint density at radius 1 is 1.00 bits per heavy atom. The first-order valence-electron chi connectivity index (χ1n) is 6.31. The van der Waals surface area contributed by atoms with Crippen molar-refractivity contribution < 1.29 is 10.1 Å².